The van der Waals surface area contributed by atoms with Gasteiger partial charge in [-0.1, -0.05) is 22.0 Å². The minimum Gasteiger partial charge on any atom is -0.506 e. The van der Waals surface area contributed by atoms with E-state index in [0.717, 1.165) is 17.6 Å². The minimum absolute atomic E-state index is 0.0774. The monoisotopic (exact) mass is 422 g/mol. The molecule has 0 aliphatic carbocycles. The summed E-state index contributed by atoms with van der Waals surface area (Å²) in [6.45, 7) is 3.67. The number of morpholine rings is 1. The summed E-state index contributed by atoms with van der Waals surface area (Å²) >= 11 is 3.35. The number of hydrogen-bond donors (Lipinski definition) is 2. The van der Waals surface area contributed by atoms with Crippen LogP contribution in [0.1, 0.15) is 20.7 Å². The maximum absolute atomic E-state index is 12.4. The predicted octanol–water partition coefficient (Wildman–Crippen LogP) is 1.90. The zero-order chi connectivity index (χ0) is 18.7. The Balaban J connectivity index is 1.82. The Kier molecular flexibility index (Phi) is 5.75. The fourth-order valence-electron chi connectivity index (χ4n) is 2.94. The molecule has 2 aromatic rings. The number of primary amides is 1. The molecule has 1 aliphatic rings. The van der Waals surface area contributed by atoms with Gasteiger partial charge in [-0.05, 0) is 29.0 Å². The molecule has 0 unspecified atom stereocenters. The van der Waals surface area contributed by atoms with Gasteiger partial charge in [-0.3, -0.25) is 9.69 Å². The second kappa shape index (κ2) is 8.03. The molecule has 0 spiro atoms. The highest BCUT2D eigenvalue weighted by atomic mass is 79.9. The van der Waals surface area contributed by atoms with E-state index in [2.05, 4.69) is 20.8 Å². The number of carbonyl (C=O) groups is 2. The molecule has 1 aliphatic heterocycles. The lowest BCUT2D eigenvalue weighted by Gasteiger charge is -2.26. The average Bonchev–Trinajstić information content (AvgIpc) is 2.61. The third-order valence-electron chi connectivity index (χ3n) is 4.29. The van der Waals surface area contributed by atoms with Gasteiger partial charge in [-0.25, -0.2) is 4.79 Å². The van der Waals surface area contributed by atoms with E-state index in [1.165, 1.54) is 6.07 Å². The molecule has 8 heteroatoms. The quantitative estimate of drug-likeness (QED) is 0.713. The topological polar surface area (TPSA) is 102 Å². The highest BCUT2D eigenvalue weighted by Gasteiger charge is 2.22. The van der Waals surface area contributed by atoms with Crippen LogP contribution in [0.3, 0.4) is 0 Å². The van der Waals surface area contributed by atoms with Crippen LogP contribution < -0.4 is 5.73 Å². The number of benzene rings is 2. The highest BCUT2D eigenvalue weighted by molar-refractivity contribution is 9.10. The van der Waals surface area contributed by atoms with Crippen LogP contribution in [0.5, 0.6) is 5.75 Å². The van der Waals surface area contributed by atoms with Crippen molar-refractivity contribution in [2.75, 3.05) is 39.5 Å². The first-order valence-electron chi connectivity index (χ1n) is 8.19. The fourth-order valence-corrected chi connectivity index (χ4v) is 3.32. The number of hydrogen-bond acceptors (Lipinski definition) is 6. The zero-order valence-corrected chi connectivity index (χ0v) is 15.6. The molecule has 1 saturated heterocycles. The second-order valence-electron chi connectivity index (χ2n) is 5.97. The Morgan fingerprint density at radius 1 is 1.27 bits per heavy atom. The first-order valence-corrected chi connectivity index (χ1v) is 8.99. The summed E-state index contributed by atoms with van der Waals surface area (Å²) in [5, 5.41) is 11.5. The molecule has 26 heavy (non-hydrogen) atoms. The molecule has 3 rings (SSSR count). The normalized spacial score (nSPS) is 15.1. The number of esters is 1. The van der Waals surface area contributed by atoms with Gasteiger partial charge >= 0.3 is 5.97 Å². The Hall–Kier alpha value is -2.16. The Morgan fingerprint density at radius 3 is 2.69 bits per heavy atom. The fraction of sp³-hybridized carbons (Fsp3) is 0.333. The van der Waals surface area contributed by atoms with Gasteiger partial charge in [-0.15, -0.1) is 0 Å². The lowest BCUT2D eigenvalue weighted by Crippen LogP contribution is -2.38. The van der Waals surface area contributed by atoms with E-state index in [4.69, 9.17) is 15.2 Å². The van der Waals surface area contributed by atoms with Crippen LogP contribution in [-0.4, -0.2) is 61.3 Å². The summed E-state index contributed by atoms with van der Waals surface area (Å²) < 4.78 is 11.3. The summed E-state index contributed by atoms with van der Waals surface area (Å²) in [5.74, 6) is -1.96. The van der Waals surface area contributed by atoms with Crippen LogP contribution in [0.25, 0.3) is 10.8 Å². The molecule has 0 saturated carbocycles. The number of fused-ring (bicyclic) bond motifs is 1. The SMILES string of the molecule is NC(=O)c1c(O)c(C(=O)OCCN2CCOCC2)cc2cc(Br)ccc12. The van der Waals surface area contributed by atoms with Crippen molar-refractivity contribution in [2.45, 2.75) is 0 Å². The van der Waals surface area contributed by atoms with Gasteiger partial charge < -0.3 is 20.3 Å². The Bertz CT molecular complexity index is 849. The molecule has 1 amide bonds. The zero-order valence-electron chi connectivity index (χ0n) is 14.0. The number of nitrogens with zero attached hydrogens (tertiary/aromatic N) is 1. The number of halogens is 1. The molecule has 2 aromatic carbocycles. The van der Waals surface area contributed by atoms with Crippen LogP contribution >= 0.6 is 15.9 Å². The number of ether oxygens (including phenoxy) is 2. The van der Waals surface area contributed by atoms with Gasteiger partial charge in [0.05, 0.1) is 18.8 Å². The number of phenols is 1. The van der Waals surface area contributed by atoms with Gasteiger partial charge in [-0.2, -0.15) is 0 Å². The molecule has 0 bridgehead atoms. The summed E-state index contributed by atoms with van der Waals surface area (Å²) in [7, 11) is 0. The van der Waals surface area contributed by atoms with Crippen molar-refractivity contribution in [3.8, 4) is 5.75 Å². The Morgan fingerprint density at radius 2 is 2.00 bits per heavy atom. The molecule has 1 heterocycles. The third kappa shape index (κ3) is 3.98. The van der Waals surface area contributed by atoms with E-state index in [0.29, 0.717) is 30.5 Å². The van der Waals surface area contributed by atoms with Crippen molar-refractivity contribution in [3.63, 3.8) is 0 Å². The molecule has 7 nitrogen and oxygen atoms in total. The molecule has 3 N–H and O–H groups in total. The van der Waals surface area contributed by atoms with E-state index >= 15 is 0 Å². The number of aromatic hydroxyl groups is 1. The highest BCUT2D eigenvalue weighted by Crippen LogP contribution is 2.33. The molecule has 0 radical (unpaired) electrons. The number of carbonyl (C=O) groups excluding carboxylic acids is 2. The van der Waals surface area contributed by atoms with Crippen molar-refractivity contribution >= 4 is 38.6 Å². The van der Waals surface area contributed by atoms with Crippen LogP contribution in [0.15, 0.2) is 28.7 Å². The van der Waals surface area contributed by atoms with E-state index in [9.17, 15) is 14.7 Å². The summed E-state index contributed by atoms with van der Waals surface area (Å²) in [5.41, 5.74) is 5.24. The largest absolute Gasteiger partial charge is 0.506 e. The lowest BCUT2D eigenvalue weighted by molar-refractivity contribution is 0.0194. The number of amides is 1. The van der Waals surface area contributed by atoms with Crippen molar-refractivity contribution < 1.29 is 24.2 Å². The van der Waals surface area contributed by atoms with Crippen LogP contribution in [0.2, 0.25) is 0 Å². The van der Waals surface area contributed by atoms with Gasteiger partial charge in [0.15, 0.2) is 0 Å². The summed E-state index contributed by atoms with van der Waals surface area (Å²) in [4.78, 5) is 26.3. The molecule has 0 aromatic heterocycles. The van der Waals surface area contributed by atoms with Crippen molar-refractivity contribution in [2.24, 2.45) is 5.73 Å². The van der Waals surface area contributed by atoms with E-state index in [1.807, 2.05) is 0 Å². The van der Waals surface area contributed by atoms with E-state index in [1.54, 1.807) is 18.2 Å². The molecular weight excluding hydrogens is 404 g/mol. The van der Waals surface area contributed by atoms with E-state index < -0.39 is 17.6 Å². The van der Waals surface area contributed by atoms with Gasteiger partial charge in [0, 0.05) is 24.1 Å². The lowest BCUT2D eigenvalue weighted by atomic mass is 9.99. The smallest absolute Gasteiger partial charge is 0.342 e. The molecular formula is C18H19BrN2O5. The van der Waals surface area contributed by atoms with Crippen molar-refractivity contribution in [1.29, 1.82) is 0 Å². The first kappa shape index (κ1) is 18.6. The van der Waals surface area contributed by atoms with Crippen LogP contribution in [0.4, 0.5) is 0 Å². The maximum atomic E-state index is 12.4. The number of rotatable bonds is 5. The third-order valence-corrected chi connectivity index (χ3v) is 4.78. The van der Waals surface area contributed by atoms with Crippen molar-refractivity contribution in [1.82, 2.24) is 4.90 Å². The van der Waals surface area contributed by atoms with Crippen LogP contribution in [-0.2, 0) is 9.47 Å². The van der Waals surface area contributed by atoms with Gasteiger partial charge in [0.1, 0.15) is 17.9 Å². The summed E-state index contributed by atoms with van der Waals surface area (Å²) in [6, 6.07) is 6.63. The first-order chi connectivity index (χ1) is 12.5. The van der Waals surface area contributed by atoms with E-state index in [-0.39, 0.29) is 17.7 Å². The predicted molar refractivity (Wildman–Crippen MR) is 99.4 cm³/mol. The minimum atomic E-state index is -0.808. The molecule has 1 fully saturated rings. The van der Waals surface area contributed by atoms with Crippen LogP contribution in [0, 0.1) is 0 Å². The number of nitrogens with two attached hydrogens (primary N) is 1. The average molecular weight is 423 g/mol. The van der Waals surface area contributed by atoms with Gasteiger partial charge in [0.25, 0.3) is 5.91 Å². The maximum Gasteiger partial charge on any atom is 0.342 e. The molecule has 138 valence electrons. The van der Waals surface area contributed by atoms with Gasteiger partial charge in [0.2, 0.25) is 0 Å². The summed E-state index contributed by atoms with van der Waals surface area (Å²) in [6.07, 6.45) is 0. The van der Waals surface area contributed by atoms with Crippen molar-refractivity contribution in [3.05, 3.63) is 39.9 Å². The second-order valence-corrected chi connectivity index (χ2v) is 6.88. The standard InChI is InChI=1S/C18H19BrN2O5/c19-12-1-2-13-11(9-12)10-14(16(22)15(13)17(20)23)18(24)26-8-5-21-3-6-25-7-4-21/h1-2,9-10,22H,3-8H2,(H2,20,23). The Labute approximate surface area is 158 Å². The molecule has 0 atom stereocenters.